The van der Waals surface area contributed by atoms with Crippen molar-refractivity contribution >= 4 is 17.2 Å². The highest BCUT2D eigenvalue weighted by molar-refractivity contribution is 7.09. The van der Waals surface area contributed by atoms with E-state index < -0.39 is 0 Å². The van der Waals surface area contributed by atoms with Crippen molar-refractivity contribution in [3.63, 3.8) is 0 Å². The number of nitrogen functional groups attached to an aromatic ring is 1. The monoisotopic (exact) mass is 278 g/mol. The van der Waals surface area contributed by atoms with E-state index in [0.29, 0.717) is 12.4 Å². The van der Waals surface area contributed by atoms with Gasteiger partial charge in [0, 0.05) is 23.7 Å². The summed E-state index contributed by atoms with van der Waals surface area (Å²) >= 11 is 1.67. The van der Waals surface area contributed by atoms with Crippen LogP contribution >= 0.6 is 11.3 Å². The fourth-order valence-electron chi connectivity index (χ4n) is 1.83. The third kappa shape index (κ3) is 3.95. The lowest BCUT2D eigenvalue weighted by Gasteiger charge is -2.15. The molecule has 0 aliphatic rings. The second-order valence-electron chi connectivity index (χ2n) is 4.49. The molecule has 19 heavy (non-hydrogen) atoms. The zero-order valence-corrected chi connectivity index (χ0v) is 12.2. The Balaban J connectivity index is 2.02. The minimum absolute atomic E-state index is 0.639. The van der Waals surface area contributed by atoms with Crippen molar-refractivity contribution in [2.75, 3.05) is 12.5 Å². The quantitative estimate of drug-likeness (QED) is 0.637. The first kappa shape index (κ1) is 13.9. The van der Waals surface area contributed by atoms with Crippen LogP contribution in [0.25, 0.3) is 0 Å². The molecule has 0 atom stereocenters. The largest absolute Gasteiger partial charge is 0.308 e. The van der Waals surface area contributed by atoms with Crippen molar-refractivity contribution in [3.05, 3.63) is 33.7 Å². The van der Waals surface area contributed by atoms with Gasteiger partial charge >= 0.3 is 0 Å². The molecule has 0 aromatic carbocycles. The summed E-state index contributed by atoms with van der Waals surface area (Å²) in [6.07, 6.45) is 0. The maximum absolute atomic E-state index is 5.38. The molecule has 0 aliphatic heterocycles. The summed E-state index contributed by atoms with van der Waals surface area (Å²) in [4.78, 5) is 15.3. The van der Waals surface area contributed by atoms with Crippen LogP contribution in [0.4, 0.5) is 5.82 Å². The van der Waals surface area contributed by atoms with Crippen molar-refractivity contribution in [2.45, 2.75) is 26.9 Å². The summed E-state index contributed by atoms with van der Waals surface area (Å²) in [5.74, 6) is 6.77. The van der Waals surface area contributed by atoms with Crippen LogP contribution in [-0.4, -0.2) is 26.9 Å². The highest BCUT2D eigenvalue weighted by atomic mass is 32.1. The smallest absolute Gasteiger partial charge is 0.145 e. The first-order chi connectivity index (χ1) is 9.06. The second kappa shape index (κ2) is 6.05. The van der Waals surface area contributed by atoms with Gasteiger partial charge in [-0.25, -0.2) is 20.8 Å². The average molecular weight is 278 g/mol. The number of aryl methyl sites for hydroxylation is 2. The molecular weight excluding hydrogens is 260 g/mol. The number of thiazole rings is 1. The molecule has 7 heteroatoms. The van der Waals surface area contributed by atoms with Gasteiger partial charge in [0.25, 0.3) is 0 Å². The van der Waals surface area contributed by atoms with E-state index >= 15 is 0 Å². The molecule has 0 radical (unpaired) electrons. The van der Waals surface area contributed by atoms with Gasteiger partial charge in [-0.2, -0.15) is 0 Å². The number of aromatic nitrogens is 3. The van der Waals surface area contributed by atoms with Gasteiger partial charge in [-0.3, -0.25) is 4.90 Å². The first-order valence-corrected chi connectivity index (χ1v) is 6.85. The molecule has 2 rings (SSSR count). The van der Waals surface area contributed by atoms with Gasteiger partial charge in [-0.1, -0.05) is 0 Å². The molecule has 3 N–H and O–H groups in total. The number of nitrogens with one attached hydrogen (secondary N) is 1. The summed E-state index contributed by atoms with van der Waals surface area (Å²) in [6, 6.07) is 1.81. The maximum atomic E-state index is 5.38. The summed E-state index contributed by atoms with van der Waals surface area (Å²) < 4.78 is 0. The highest BCUT2D eigenvalue weighted by Crippen LogP contribution is 2.11. The van der Waals surface area contributed by atoms with Crippen LogP contribution in [0, 0.1) is 13.8 Å². The standard InChI is InChI=1S/C12H18N6S/c1-8-4-11(17-13)16-12(14-8)6-18(3)5-10-7-19-9(2)15-10/h4,7H,5-6,13H2,1-3H3,(H,14,16,17). The molecular formula is C12H18N6S. The SMILES string of the molecule is Cc1cc(NN)nc(CN(C)Cc2csc(C)n2)n1. The van der Waals surface area contributed by atoms with Crippen LogP contribution in [0.15, 0.2) is 11.4 Å². The number of hydrogen-bond acceptors (Lipinski definition) is 7. The Hall–Kier alpha value is -1.57. The van der Waals surface area contributed by atoms with Crippen LogP contribution < -0.4 is 11.3 Å². The summed E-state index contributed by atoms with van der Waals surface area (Å²) in [5.41, 5.74) is 4.53. The number of nitrogens with two attached hydrogens (primary N) is 1. The van der Waals surface area contributed by atoms with Gasteiger partial charge in [-0.05, 0) is 20.9 Å². The van der Waals surface area contributed by atoms with Crippen molar-refractivity contribution < 1.29 is 0 Å². The van der Waals surface area contributed by atoms with E-state index in [-0.39, 0.29) is 0 Å². The van der Waals surface area contributed by atoms with Gasteiger partial charge < -0.3 is 5.43 Å². The zero-order valence-electron chi connectivity index (χ0n) is 11.3. The van der Waals surface area contributed by atoms with E-state index in [9.17, 15) is 0 Å². The average Bonchev–Trinajstić information content (AvgIpc) is 2.73. The lowest BCUT2D eigenvalue weighted by molar-refractivity contribution is 0.307. The molecule has 102 valence electrons. The second-order valence-corrected chi connectivity index (χ2v) is 5.55. The van der Waals surface area contributed by atoms with Gasteiger partial charge in [0.1, 0.15) is 11.6 Å². The van der Waals surface area contributed by atoms with Gasteiger partial charge in [0.05, 0.1) is 17.2 Å². The number of hydrogen-bond donors (Lipinski definition) is 2. The summed E-state index contributed by atoms with van der Waals surface area (Å²) in [6.45, 7) is 5.38. The molecule has 0 aliphatic carbocycles. The minimum atomic E-state index is 0.639. The molecule has 0 saturated heterocycles. The predicted octanol–water partition coefficient (Wildman–Crippen LogP) is 1.47. The summed E-state index contributed by atoms with van der Waals surface area (Å²) in [5, 5.41) is 3.17. The Morgan fingerprint density at radius 3 is 2.68 bits per heavy atom. The van der Waals surface area contributed by atoms with Crippen molar-refractivity contribution in [2.24, 2.45) is 5.84 Å². The minimum Gasteiger partial charge on any atom is -0.308 e. The first-order valence-electron chi connectivity index (χ1n) is 5.97. The zero-order chi connectivity index (χ0) is 13.8. The van der Waals surface area contributed by atoms with Gasteiger partial charge in [-0.15, -0.1) is 11.3 Å². The van der Waals surface area contributed by atoms with E-state index in [1.54, 1.807) is 11.3 Å². The normalized spacial score (nSPS) is 11.0. The Morgan fingerprint density at radius 1 is 1.26 bits per heavy atom. The topological polar surface area (TPSA) is 80.0 Å². The van der Waals surface area contributed by atoms with Gasteiger partial charge in [0.2, 0.25) is 0 Å². The van der Waals surface area contributed by atoms with Crippen molar-refractivity contribution in [3.8, 4) is 0 Å². The Bertz CT molecular complexity index is 553. The van der Waals surface area contributed by atoms with Crippen molar-refractivity contribution in [1.29, 1.82) is 0 Å². The van der Waals surface area contributed by atoms with Crippen LogP contribution in [0.1, 0.15) is 22.2 Å². The molecule has 0 bridgehead atoms. The summed E-state index contributed by atoms with van der Waals surface area (Å²) in [7, 11) is 2.02. The van der Waals surface area contributed by atoms with E-state index in [2.05, 4.69) is 30.7 Å². The van der Waals surface area contributed by atoms with Crippen LogP contribution in [0.2, 0.25) is 0 Å². The third-order valence-electron chi connectivity index (χ3n) is 2.56. The fraction of sp³-hybridized carbons (Fsp3) is 0.417. The number of rotatable bonds is 5. The molecule has 0 amide bonds. The van der Waals surface area contributed by atoms with E-state index in [4.69, 9.17) is 5.84 Å². The molecule has 6 nitrogen and oxygen atoms in total. The molecule has 0 fully saturated rings. The number of anilines is 1. The number of hydrazine groups is 1. The molecule has 2 aromatic heterocycles. The Kier molecular flexibility index (Phi) is 4.41. The van der Waals surface area contributed by atoms with E-state index in [1.165, 1.54) is 0 Å². The molecule has 2 aromatic rings. The Morgan fingerprint density at radius 2 is 2.05 bits per heavy atom. The maximum Gasteiger partial charge on any atom is 0.145 e. The van der Waals surface area contributed by atoms with Crippen LogP contribution in [-0.2, 0) is 13.1 Å². The van der Waals surface area contributed by atoms with Crippen LogP contribution in [0.5, 0.6) is 0 Å². The van der Waals surface area contributed by atoms with E-state index in [0.717, 1.165) is 28.8 Å². The van der Waals surface area contributed by atoms with Gasteiger partial charge in [0.15, 0.2) is 0 Å². The molecule has 0 spiro atoms. The fourth-order valence-corrected chi connectivity index (χ4v) is 2.43. The highest BCUT2D eigenvalue weighted by Gasteiger charge is 2.08. The predicted molar refractivity (Wildman–Crippen MR) is 76.6 cm³/mol. The lowest BCUT2D eigenvalue weighted by atomic mass is 10.4. The third-order valence-corrected chi connectivity index (χ3v) is 3.38. The number of nitrogens with zero attached hydrogens (tertiary/aromatic N) is 4. The van der Waals surface area contributed by atoms with Crippen LogP contribution in [0.3, 0.4) is 0 Å². The molecule has 2 heterocycles. The Labute approximate surface area is 116 Å². The van der Waals surface area contributed by atoms with E-state index in [1.807, 2.05) is 27.0 Å². The molecule has 0 saturated carbocycles. The van der Waals surface area contributed by atoms with Crippen molar-refractivity contribution in [1.82, 2.24) is 19.9 Å². The molecule has 0 unspecified atom stereocenters. The lowest BCUT2D eigenvalue weighted by Crippen LogP contribution is -2.20.